The summed E-state index contributed by atoms with van der Waals surface area (Å²) in [7, 11) is 0. The van der Waals surface area contributed by atoms with E-state index in [1.807, 2.05) is 25.1 Å². The number of unbranched alkanes of at least 4 members (excludes halogenated alkanes) is 1. The quantitative estimate of drug-likeness (QED) is 0.641. The van der Waals surface area contributed by atoms with E-state index in [2.05, 4.69) is 15.9 Å². The number of halogens is 1. The highest BCUT2D eigenvalue weighted by atomic mass is 79.9. The Morgan fingerprint density at radius 1 is 1.38 bits per heavy atom. The lowest BCUT2D eigenvalue weighted by molar-refractivity contribution is -0.144. The third kappa shape index (κ3) is 3.64. The lowest BCUT2D eigenvalue weighted by Crippen LogP contribution is -2.14. The first-order chi connectivity index (χ1) is 10.0. The van der Waals surface area contributed by atoms with Crippen LogP contribution in [0.5, 0.6) is 0 Å². The van der Waals surface area contributed by atoms with Gasteiger partial charge in [-0.1, -0.05) is 29.3 Å². The summed E-state index contributed by atoms with van der Waals surface area (Å²) >= 11 is 3.36. The second kappa shape index (κ2) is 6.76. The van der Waals surface area contributed by atoms with E-state index in [9.17, 15) is 9.59 Å². The number of primary amides is 1. The van der Waals surface area contributed by atoms with E-state index in [4.69, 9.17) is 10.5 Å². The molecule has 1 aromatic heterocycles. The molecule has 112 valence electrons. The van der Waals surface area contributed by atoms with Crippen LogP contribution in [0, 0.1) is 0 Å². The Labute approximate surface area is 131 Å². The maximum atomic E-state index is 11.8. The first kappa shape index (κ1) is 15.6. The minimum absolute atomic E-state index is 0.0646. The van der Waals surface area contributed by atoms with Crippen LogP contribution in [0.3, 0.4) is 0 Å². The number of nitrogens with zero attached hydrogens (tertiary/aromatic N) is 1. The molecule has 21 heavy (non-hydrogen) atoms. The number of ether oxygens (including phenoxy) is 1. The molecule has 1 heterocycles. The molecular weight excluding hydrogens is 336 g/mol. The Hall–Kier alpha value is -1.82. The first-order valence-electron chi connectivity index (χ1n) is 6.76. The van der Waals surface area contributed by atoms with E-state index >= 15 is 0 Å². The van der Waals surface area contributed by atoms with Crippen molar-refractivity contribution in [3.05, 3.63) is 34.4 Å². The van der Waals surface area contributed by atoms with Crippen LogP contribution in [0.2, 0.25) is 0 Å². The largest absolute Gasteiger partial charge is 0.464 e. The molecule has 0 fully saturated rings. The molecule has 0 atom stereocenters. The zero-order valence-corrected chi connectivity index (χ0v) is 13.4. The number of rotatable bonds is 6. The Morgan fingerprint density at radius 2 is 2.14 bits per heavy atom. The average molecular weight is 353 g/mol. The highest BCUT2D eigenvalue weighted by molar-refractivity contribution is 9.10. The van der Waals surface area contributed by atoms with Crippen molar-refractivity contribution in [3.63, 3.8) is 0 Å². The zero-order chi connectivity index (χ0) is 15.4. The summed E-state index contributed by atoms with van der Waals surface area (Å²) in [4.78, 5) is 23.3. The number of carbonyl (C=O) groups excluding carboxylic acids is 2. The molecule has 0 saturated heterocycles. The van der Waals surface area contributed by atoms with Gasteiger partial charge in [-0.25, -0.2) is 0 Å². The van der Waals surface area contributed by atoms with E-state index < -0.39 is 5.91 Å². The lowest BCUT2D eigenvalue weighted by atomic mass is 10.2. The molecule has 2 N–H and O–H groups in total. The first-order valence-corrected chi connectivity index (χ1v) is 7.56. The summed E-state index contributed by atoms with van der Waals surface area (Å²) in [6.07, 6.45) is 3.41. The van der Waals surface area contributed by atoms with Crippen LogP contribution >= 0.6 is 15.9 Å². The molecule has 0 bridgehead atoms. The number of esters is 1. The lowest BCUT2D eigenvalue weighted by Gasteiger charge is -2.06. The average Bonchev–Trinajstić information content (AvgIpc) is 2.77. The fourth-order valence-corrected chi connectivity index (χ4v) is 2.47. The number of amides is 1. The number of hydrogen-bond donors (Lipinski definition) is 1. The van der Waals surface area contributed by atoms with Crippen LogP contribution in [0.4, 0.5) is 0 Å². The summed E-state index contributed by atoms with van der Waals surface area (Å²) < 4.78 is 7.68. The van der Waals surface area contributed by atoms with Gasteiger partial charge in [0.05, 0.1) is 12.2 Å². The molecular formula is C15H17BrN2O3. The van der Waals surface area contributed by atoms with Gasteiger partial charge < -0.3 is 15.0 Å². The molecule has 0 aliphatic rings. The van der Waals surface area contributed by atoms with Crippen molar-refractivity contribution in [1.29, 1.82) is 0 Å². The molecule has 6 heteroatoms. The normalized spacial score (nSPS) is 10.8. The number of hydrogen-bond acceptors (Lipinski definition) is 3. The van der Waals surface area contributed by atoms with Gasteiger partial charge in [0.15, 0.2) is 0 Å². The monoisotopic (exact) mass is 352 g/mol. The van der Waals surface area contributed by atoms with Crippen LogP contribution in [0.25, 0.3) is 10.9 Å². The van der Waals surface area contributed by atoms with Gasteiger partial charge in [0.25, 0.3) is 5.91 Å². The maximum Gasteiger partial charge on any atom is 0.325 e. The van der Waals surface area contributed by atoms with Gasteiger partial charge in [-0.2, -0.15) is 0 Å². The van der Waals surface area contributed by atoms with Crippen LogP contribution < -0.4 is 5.73 Å². The Balaban J connectivity index is 2.28. The fraction of sp³-hybridized carbons (Fsp3) is 0.333. The second-order valence-electron chi connectivity index (χ2n) is 4.77. The molecule has 2 aromatic rings. The number of fused-ring (bicyclic) bond motifs is 1. The van der Waals surface area contributed by atoms with E-state index in [-0.39, 0.29) is 12.5 Å². The van der Waals surface area contributed by atoms with Gasteiger partial charge in [-0.3, -0.25) is 9.59 Å². The van der Waals surface area contributed by atoms with Crippen molar-refractivity contribution in [3.8, 4) is 0 Å². The molecule has 0 spiro atoms. The zero-order valence-electron chi connectivity index (χ0n) is 11.8. The predicted octanol–water partition coefficient (Wildman–Crippen LogP) is 2.85. The van der Waals surface area contributed by atoms with Gasteiger partial charge in [0, 0.05) is 21.6 Å². The van der Waals surface area contributed by atoms with Crippen LogP contribution in [0.15, 0.2) is 28.9 Å². The highest BCUT2D eigenvalue weighted by Crippen LogP contribution is 2.25. The second-order valence-corrected chi connectivity index (χ2v) is 5.69. The number of benzene rings is 1. The summed E-state index contributed by atoms with van der Waals surface area (Å²) in [6, 6.07) is 5.51. The molecule has 0 aliphatic carbocycles. The molecule has 0 aliphatic heterocycles. The number of nitrogens with two attached hydrogens (primary N) is 1. The van der Waals surface area contributed by atoms with Gasteiger partial charge in [0.2, 0.25) is 0 Å². The highest BCUT2D eigenvalue weighted by Gasteiger charge is 2.15. The van der Waals surface area contributed by atoms with Gasteiger partial charge in [-0.05, 0) is 24.6 Å². The molecule has 2 rings (SSSR count). The molecule has 0 radical (unpaired) electrons. The fourth-order valence-electron chi connectivity index (χ4n) is 2.11. The SMILES string of the molecule is CCCCOC(=O)Cn1cc(C(N)=O)c2cc(Br)ccc21. The molecule has 1 aromatic carbocycles. The topological polar surface area (TPSA) is 74.3 Å². The van der Waals surface area contributed by atoms with E-state index in [1.54, 1.807) is 10.8 Å². The summed E-state index contributed by atoms with van der Waals surface area (Å²) in [5.74, 6) is -0.838. The van der Waals surface area contributed by atoms with Gasteiger partial charge in [-0.15, -0.1) is 0 Å². The maximum absolute atomic E-state index is 11.8. The van der Waals surface area contributed by atoms with Crippen molar-refractivity contribution in [1.82, 2.24) is 4.57 Å². The predicted molar refractivity (Wildman–Crippen MR) is 84.0 cm³/mol. The number of aromatic nitrogens is 1. The van der Waals surface area contributed by atoms with Crippen molar-refractivity contribution in [2.45, 2.75) is 26.3 Å². The third-order valence-electron chi connectivity index (χ3n) is 3.17. The Morgan fingerprint density at radius 3 is 2.81 bits per heavy atom. The molecule has 0 saturated carbocycles. The number of carbonyl (C=O) groups is 2. The van der Waals surface area contributed by atoms with Crippen LogP contribution in [-0.2, 0) is 16.1 Å². The van der Waals surface area contributed by atoms with E-state index in [1.165, 1.54) is 0 Å². The van der Waals surface area contributed by atoms with E-state index in [0.717, 1.165) is 28.2 Å². The minimum Gasteiger partial charge on any atom is -0.464 e. The van der Waals surface area contributed by atoms with Crippen LogP contribution in [-0.4, -0.2) is 23.1 Å². The van der Waals surface area contributed by atoms with Crippen molar-refractivity contribution < 1.29 is 14.3 Å². The van der Waals surface area contributed by atoms with Gasteiger partial charge >= 0.3 is 5.97 Å². The summed E-state index contributed by atoms with van der Waals surface area (Å²) in [5, 5.41) is 0.721. The summed E-state index contributed by atoms with van der Waals surface area (Å²) in [5.41, 5.74) is 6.56. The van der Waals surface area contributed by atoms with Crippen molar-refractivity contribution in [2.75, 3.05) is 6.61 Å². The van der Waals surface area contributed by atoms with E-state index in [0.29, 0.717) is 12.2 Å². The summed E-state index contributed by atoms with van der Waals surface area (Å²) in [6.45, 7) is 2.52. The van der Waals surface area contributed by atoms with Gasteiger partial charge in [0.1, 0.15) is 6.54 Å². The third-order valence-corrected chi connectivity index (χ3v) is 3.66. The Bertz CT molecular complexity index is 679. The van der Waals surface area contributed by atoms with Crippen LogP contribution in [0.1, 0.15) is 30.1 Å². The smallest absolute Gasteiger partial charge is 0.325 e. The standard InChI is InChI=1S/C15H17BrN2O3/c1-2-3-6-21-14(19)9-18-8-12(15(17)20)11-7-10(16)4-5-13(11)18/h4-5,7-8H,2-3,6,9H2,1H3,(H2,17,20). The molecule has 1 amide bonds. The molecule has 5 nitrogen and oxygen atoms in total. The molecule has 0 unspecified atom stereocenters. The van der Waals surface area contributed by atoms with Crippen molar-refractivity contribution >= 4 is 38.7 Å². The Kier molecular flexibility index (Phi) is 5.01. The van der Waals surface area contributed by atoms with Crippen molar-refractivity contribution in [2.24, 2.45) is 5.73 Å². The minimum atomic E-state index is -0.517.